The van der Waals surface area contributed by atoms with Gasteiger partial charge in [-0.2, -0.15) is 0 Å². The fourth-order valence-electron chi connectivity index (χ4n) is 2.69. The molecule has 2 aromatic carbocycles. The number of hydrogen-bond donors (Lipinski definition) is 0. The first-order chi connectivity index (χ1) is 9.90. The minimum Gasteiger partial charge on any atom is -0.331 e. The quantitative estimate of drug-likeness (QED) is 0.600. The van der Waals surface area contributed by atoms with E-state index in [-0.39, 0.29) is 0 Å². The maximum absolute atomic E-state index is 4.58. The summed E-state index contributed by atoms with van der Waals surface area (Å²) in [5, 5.41) is 2.55. The lowest BCUT2D eigenvalue weighted by molar-refractivity contribution is 0.606. The summed E-state index contributed by atoms with van der Waals surface area (Å²) in [6.45, 7) is 3.28. The van der Waals surface area contributed by atoms with E-state index < -0.39 is 0 Å². The largest absolute Gasteiger partial charge is 0.331 e. The first-order valence-electron chi connectivity index (χ1n) is 7.39. The molecule has 0 unspecified atom stereocenters. The van der Waals surface area contributed by atoms with Crippen LogP contribution in [0.15, 0.2) is 54.9 Å². The van der Waals surface area contributed by atoms with Crippen LogP contribution >= 0.6 is 0 Å². The Morgan fingerprint density at radius 3 is 2.75 bits per heavy atom. The third-order valence-electron chi connectivity index (χ3n) is 3.75. The number of fused-ring (bicyclic) bond motifs is 1. The average molecular weight is 264 g/mol. The maximum Gasteiger partial charge on any atom is 0.140 e. The average Bonchev–Trinajstić information content (AvgIpc) is 2.95. The van der Waals surface area contributed by atoms with E-state index >= 15 is 0 Å². The van der Waals surface area contributed by atoms with E-state index in [1.54, 1.807) is 0 Å². The molecule has 0 saturated heterocycles. The van der Waals surface area contributed by atoms with Crippen LogP contribution in [0.1, 0.15) is 26.2 Å². The van der Waals surface area contributed by atoms with Crippen LogP contribution in [-0.4, -0.2) is 9.55 Å². The normalized spacial score (nSPS) is 11.1. The Balaban J connectivity index is 2.01. The first-order valence-corrected chi connectivity index (χ1v) is 7.39. The number of aryl methyl sites for hydroxylation is 1. The van der Waals surface area contributed by atoms with E-state index in [2.05, 4.69) is 65.1 Å². The summed E-state index contributed by atoms with van der Waals surface area (Å²) in [5.41, 5.74) is 1.23. The van der Waals surface area contributed by atoms with Crippen molar-refractivity contribution in [2.24, 2.45) is 0 Å². The van der Waals surface area contributed by atoms with Crippen LogP contribution in [0.2, 0.25) is 0 Å². The van der Waals surface area contributed by atoms with Gasteiger partial charge in [-0.3, -0.25) is 0 Å². The molecular formula is C18H20N2. The molecule has 3 rings (SSSR count). The summed E-state index contributed by atoms with van der Waals surface area (Å²) < 4.78 is 2.28. The van der Waals surface area contributed by atoms with Gasteiger partial charge in [0.15, 0.2) is 0 Å². The molecule has 0 spiro atoms. The molecule has 0 amide bonds. The zero-order valence-electron chi connectivity index (χ0n) is 11.9. The van der Waals surface area contributed by atoms with Crippen LogP contribution in [0.4, 0.5) is 0 Å². The third kappa shape index (κ3) is 2.46. The Morgan fingerprint density at radius 2 is 1.85 bits per heavy atom. The van der Waals surface area contributed by atoms with Gasteiger partial charge in [0.05, 0.1) is 0 Å². The Kier molecular flexibility index (Phi) is 3.82. The molecule has 0 aliphatic heterocycles. The van der Waals surface area contributed by atoms with E-state index in [0.717, 1.165) is 12.4 Å². The minimum absolute atomic E-state index is 1.05. The van der Waals surface area contributed by atoms with Gasteiger partial charge in [0, 0.05) is 24.5 Å². The van der Waals surface area contributed by atoms with Crippen molar-refractivity contribution >= 4 is 10.8 Å². The van der Waals surface area contributed by atoms with Gasteiger partial charge < -0.3 is 4.57 Å². The Labute approximate surface area is 120 Å². The van der Waals surface area contributed by atoms with Crippen LogP contribution in [-0.2, 0) is 6.54 Å². The lowest BCUT2D eigenvalue weighted by Crippen LogP contribution is -2.00. The third-order valence-corrected chi connectivity index (χ3v) is 3.75. The Bertz CT molecular complexity index is 692. The van der Waals surface area contributed by atoms with E-state index in [4.69, 9.17) is 0 Å². The maximum atomic E-state index is 4.58. The lowest BCUT2D eigenvalue weighted by Gasteiger charge is -2.10. The Hall–Kier alpha value is -2.09. The monoisotopic (exact) mass is 264 g/mol. The van der Waals surface area contributed by atoms with Crippen molar-refractivity contribution < 1.29 is 0 Å². The number of imidazole rings is 1. The second kappa shape index (κ2) is 5.91. The van der Waals surface area contributed by atoms with Crippen molar-refractivity contribution in [3.05, 3.63) is 54.9 Å². The van der Waals surface area contributed by atoms with Crippen molar-refractivity contribution in [1.29, 1.82) is 0 Å². The first kappa shape index (κ1) is 12.9. The number of hydrogen-bond acceptors (Lipinski definition) is 1. The van der Waals surface area contributed by atoms with Gasteiger partial charge in [0.2, 0.25) is 0 Å². The van der Waals surface area contributed by atoms with Gasteiger partial charge in [0.25, 0.3) is 0 Å². The van der Waals surface area contributed by atoms with Crippen molar-refractivity contribution in [3.63, 3.8) is 0 Å². The zero-order chi connectivity index (χ0) is 13.8. The molecule has 3 aromatic rings. The molecule has 2 heteroatoms. The lowest BCUT2D eigenvalue weighted by atomic mass is 10.0. The molecule has 0 bridgehead atoms. The molecule has 1 heterocycles. The zero-order valence-corrected chi connectivity index (χ0v) is 11.9. The van der Waals surface area contributed by atoms with Crippen molar-refractivity contribution in [2.45, 2.75) is 32.7 Å². The molecule has 0 aliphatic carbocycles. The molecule has 0 aliphatic rings. The summed E-state index contributed by atoms with van der Waals surface area (Å²) in [6.07, 6.45) is 7.73. The molecule has 0 atom stereocenters. The minimum atomic E-state index is 1.05. The summed E-state index contributed by atoms with van der Waals surface area (Å²) in [6, 6.07) is 14.9. The van der Waals surface area contributed by atoms with Gasteiger partial charge in [-0.05, 0) is 17.2 Å². The molecule has 0 radical (unpaired) electrons. The van der Waals surface area contributed by atoms with Crippen LogP contribution in [0.3, 0.4) is 0 Å². The molecule has 102 valence electrons. The smallest absolute Gasteiger partial charge is 0.140 e. The summed E-state index contributed by atoms with van der Waals surface area (Å²) >= 11 is 0. The van der Waals surface area contributed by atoms with Crippen molar-refractivity contribution in [1.82, 2.24) is 9.55 Å². The van der Waals surface area contributed by atoms with Crippen molar-refractivity contribution in [2.75, 3.05) is 0 Å². The van der Waals surface area contributed by atoms with Crippen LogP contribution < -0.4 is 0 Å². The molecule has 20 heavy (non-hydrogen) atoms. The molecule has 1 aromatic heterocycles. The van der Waals surface area contributed by atoms with Gasteiger partial charge in [-0.25, -0.2) is 4.98 Å². The van der Waals surface area contributed by atoms with Gasteiger partial charge in [-0.1, -0.05) is 62.2 Å². The number of rotatable bonds is 5. The highest BCUT2D eigenvalue weighted by molar-refractivity contribution is 5.95. The highest BCUT2D eigenvalue weighted by Gasteiger charge is 2.08. The van der Waals surface area contributed by atoms with E-state index in [1.165, 1.54) is 35.6 Å². The second-order valence-electron chi connectivity index (χ2n) is 5.18. The number of nitrogens with zero attached hydrogens (tertiary/aromatic N) is 2. The van der Waals surface area contributed by atoms with Crippen LogP contribution in [0, 0.1) is 0 Å². The van der Waals surface area contributed by atoms with Gasteiger partial charge in [-0.15, -0.1) is 0 Å². The summed E-state index contributed by atoms with van der Waals surface area (Å²) in [7, 11) is 0. The Morgan fingerprint density at radius 1 is 1.00 bits per heavy atom. The van der Waals surface area contributed by atoms with Gasteiger partial charge in [0.1, 0.15) is 5.82 Å². The molecule has 0 saturated carbocycles. The van der Waals surface area contributed by atoms with Crippen LogP contribution in [0.25, 0.3) is 22.2 Å². The topological polar surface area (TPSA) is 17.8 Å². The molecular weight excluding hydrogens is 244 g/mol. The van der Waals surface area contributed by atoms with E-state index in [9.17, 15) is 0 Å². The summed E-state index contributed by atoms with van der Waals surface area (Å²) in [5.74, 6) is 1.08. The van der Waals surface area contributed by atoms with E-state index in [1.807, 2.05) is 6.20 Å². The standard InChI is InChI=1S/C18H20N2/c1-2-3-6-13-20-14-12-19-18(20)17-11-7-9-15-8-4-5-10-16(15)17/h4-5,7-12,14H,2-3,6,13H2,1H3. The number of unbranched alkanes of at least 4 members (excludes halogenated alkanes) is 2. The molecule has 0 fully saturated rings. The molecule has 2 nitrogen and oxygen atoms in total. The number of benzene rings is 2. The van der Waals surface area contributed by atoms with Crippen molar-refractivity contribution in [3.8, 4) is 11.4 Å². The molecule has 0 N–H and O–H groups in total. The fraction of sp³-hybridized carbons (Fsp3) is 0.278. The fourth-order valence-corrected chi connectivity index (χ4v) is 2.69. The SMILES string of the molecule is CCCCCn1ccnc1-c1cccc2ccccc12. The highest BCUT2D eigenvalue weighted by atomic mass is 15.1. The van der Waals surface area contributed by atoms with Crippen LogP contribution in [0.5, 0.6) is 0 Å². The predicted octanol–water partition coefficient (Wildman–Crippen LogP) is 4.89. The predicted molar refractivity (Wildman–Crippen MR) is 84.7 cm³/mol. The number of aromatic nitrogens is 2. The second-order valence-corrected chi connectivity index (χ2v) is 5.18. The van der Waals surface area contributed by atoms with E-state index in [0.29, 0.717) is 0 Å². The summed E-state index contributed by atoms with van der Waals surface area (Å²) in [4.78, 5) is 4.58. The van der Waals surface area contributed by atoms with Gasteiger partial charge >= 0.3 is 0 Å². The highest BCUT2D eigenvalue weighted by Crippen LogP contribution is 2.27.